The first-order valence-corrected chi connectivity index (χ1v) is 10.7. The lowest BCUT2D eigenvalue weighted by molar-refractivity contribution is 1.23. The fraction of sp³-hybridized carbons (Fsp3) is 0.0385. The standard InChI is InChI=1S/C26H17N3S/c1-16-11-21-19-6-2-3-7-24(19)30-26(21)22(12-16)25-20-9-8-17(13-23(20)28-15-29-25)18-5-4-10-27-14-18/h2-15H,1H3. The summed E-state index contributed by atoms with van der Waals surface area (Å²) in [6, 6.07) is 23.5. The van der Waals surface area contributed by atoms with Gasteiger partial charge in [0.2, 0.25) is 0 Å². The minimum absolute atomic E-state index is 0.942. The van der Waals surface area contributed by atoms with E-state index in [9.17, 15) is 0 Å². The largest absolute Gasteiger partial charge is 0.264 e. The molecule has 4 heteroatoms. The van der Waals surface area contributed by atoms with Gasteiger partial charge in [0.15, 0.2) is 0 Å². The van der Waals surface area contributed by atoms with Gasteiger partial charge in [-0.2, -0.15) is 0 Å². The lowest BCUT2D eigenvalue weighted by atomic mass is 9.99. The minimum Gasteiger partial charge on any atom is -0.264 e. The van der Waals surface area contributed by atoms with Gasteiger partial charge < -0.3 is 0 Å². The number of fused-ring (bicyclic) bond motifs is 4. The average molecular weight is 404 g/mol. The molecule has 30 heavy (non-hydrogen) atoms. The van der Waals surface area contributed by atoms with E-state index in [0.717, 1.165) is 27.7 Å². The van der Waals surface area contributed by atoms with Crippen LogP contribution in [0.2, 0.25) is 0 Å². The minimum atomic E-state index is 0.942. The van der Waals surface area contributed by atoms with Gasteiger partial charge in [-0.3, -0.25) is 4.98 Å². The van der Waals surface area contributed by atoms with Crippen LogP contribution in [0.3, 0.4) is 0 Å². The Morgan fingerprint density at radius 2 is 1.70 bits per heavy atom. The lowest BCUT2D eigenvalue weighted by Gasteiger charge is -2.09. The maximum absolute atomic E-state index is 4.72. The molecule has 0 aliphatic rings. The number of aryl methyl sites for hydroxylation is 1. The molecule has 0 unspecified atom stereocenters. The van der Waals surface area contributed by atoms with Crippen molar-refractivity contribution in [2.24, 2.45) is 0 Å². The summed E-state index contributed by atoms with van der Waals surface area (Å²) in [7, 11) is 0. The van der Waals surface area contributed by atoms with Gasteiger partial charge >= 0.3 is 0 Å². The second kappa shape index (κ2) is 6.71. The van der Waals surface area contributed by atoms with E-state index in [0.29, 0.717) is 0 Å². The summed E-state index contributed by atoms with van der Waals surface area (Å²) in [5, 5.41) is 3.67. The van der Waals surface area contributed by atoms with Crippen molar-refractivity contribution in [1.82, 2.24) is 15.0 Å². The normalized spacial score (nSPS) is 11.5. The molecule has 0 saturated heterocycles. The van der Waals surface area contributed by atoms with Crippen molar-refractivity contribution in [3.05, 3.63) is 91.0 Å². The number of nitrogens with zero attached hydrogens (tertiary/aromatic N) is 3. The predicted octanol–water partition coefficient (Wildman–Crippen LogP) is 7.04. The van der Waals surface area contributed by atoms with Crippen LogP contribution in [-0.4, -0.2) is 15.0 Å². The molecule has 0 amide bonds. The Balaban J connectivity index is 1.62. The maximum atomic E-state index is 4.72. The summed E-state index contributed by atoms with van der Waals surface area (Å²) in [6.07, 6.45) is 5.34. The van der Waals surface area contributed by atoms with E-state index in [1.807, 2.05) is 23.6 Å². The first kappa shape index (κ1) is 17.2. The number of hydrogen-bond acceptors (Lipinski definition) is 4. The van der Waals surface area contributed by atoms with Crippen LogP contribution in [0.1, 0.15) is 5.56 Å². The molecular weight excluding hydrogens is 386 g/mol. The number of thiophene rings is 1. The van der Waals surface area contributed by atoms with Crippen LogP contribution in [0.4, 0.5) is 0 Å². The molecule has 0 saturated carbocycles. The number of pyridine rings is 1. The van der Waals surface area contributed by atoms with Gasteiger partial charge in [-0.25, -0.2) is 9.97 Å². The molecule has 3 nitrogen and oxygen atoms in total. The third kappa shape index (κ3) is 2.69. The highest BCUT2D eigenvalue weighted by molar-refractivity contribution is 7.26. The Morgan fingerprint density at radius 3 is 2.60 bits per heavy atom. The van der Waals surface area contributed by atoms with E-state index in [1.54, 1.807) is 12.5 Å². The Labute approximate surface area is 177 Å². The van der Waals surface area contributed by atoms with Crippen molar-refractivity contribution < 1.29 is 0 Å². The van der Waals surface area contributed by atoms with Crippen molar-refractivity contribution in [3.8, 4) is 22.4 Å². The summed E-state index contributed by atoms with van der Waals surface area (Å²) in [5.74, 6) is 0. The molecule has 3 aromatic carbocycles. The maximum Gasteiger partial charge on any atom is 0.116 e. The molecule has 0 atom stereocenters. The van der Waals surface area contributed by atoms with Crippen molar-refractivity contribution in [2.75, 3.05) is 0 Å². The van der Waals surface area contributed by atoms with E-state index < -0.39 is 0 Å². The monoisotopic (exact) mass is 403 g/mol. The Morgan fingerprint density at radius 1 is 0.767 bits per heavy atom. The van der Waals surface area contributed by atoms with Gasteiger partial charge in [-0.05, 0) is 54.4 Å². The third-order valence-electron chi connectivity index (χ3n) is 5.51. The van der Waals surface area contributed by atoms with E-state index in [1.165, 1.54) is 31.3 Å². The Hall–Kier alpha value is -3.63. The molecule has 0 aliphatic heterocycles. The summed E-state index contributed by atoms with van der Waals surface area (Å²) >= 11 is 1.83. The first-order chi connectivity index (χ1) is 14.8. The molecule has 6 rings (SSSR count). The zero-order chi connectivity index (χ0) is 20.1. The predicted molar refractivity (Wildman–Crippen MR) is 126 cm³/mol. The van der Waals surface area contributed by atoms with E-state index in [2.05, 4.69) is 77.6 Å². The van der Waals surface area contributed by atoms with Gasteiger partial charge in [0.25, 0.3) is 0 Å². The van der Waals surface area contributed by atoms with Crippen molar-refractivity contribution >= 4 is 42.4 Å². The van der Waals surface area contributed by atoms with Gasteiger partial charge in [-0.15, -0.1) is 11.3 Å². The smallest absolute Gasteiger partial charge is 0.116 e. The average Bonchev–Trinajstić information content (AvgIpc) is 3.17. The van der Waals surface area contributed by atoms with Crippen molar-refractivity contribution in [1.29, 1.82) is 0 Å². The molecule has 0 fully saturated rings. The Kier molecular flexibility index (Phi) is 3.86. The molecule has 0 N–H and O–H groups in total. The molecule has 0 spiro atoms. The number of rotatable bonds is 2. The molecule has 0 radical (unpaired) electrons. The summed E-state index contributed by atoms with van der Waals surface area (Å²) in [5.41, 5.74) is 6.53. The van der Waals surface area contributed by atoms with Crippen molar-refractivity contribution in [3.63, 3.8) is 0 Å². The highest BCUT2D eigenvalue weighted by atomic mass is 32.1. The van der Waals surface area contributed by atoms with Crippen molar-refractivity contribution in [2.45, 2.75) is 6.92 Å². The van der Waals surface area contributed by atoms with E-state index in [4.69, 9.17) is 4.98 Å². The summed E-state index contributed by atoms with van der Waals surface area (Å²) in [4.78, 5) is 13.5. The van der Waals surface area contributed by atoms with Crippen LogP contribution in [-0.2, 0) is 0 Å². The molecule has 142 valence electrons. The molecule has 0 bridgehead atoms. The molecule has 6 aromatic rings. The first-order valence-electron chi connectivity index (χ1n) is 9.85. The second-order valence-electron chi connectivity index (χ2n) is 7.48. The van der Waals surface area contributed by atoms with Crippen LogP contribution in [0.25, 0.3) is 53.5 Å². The van der Waals surface area contributed by atoms with Crippen LogP contribution < -0.4 is 0 Å². The molecule has 0 aliphatic carbocycles. The zero-order valence-electron chi connectivity index (χ0n) is 16.3. The topological polar surface area (TPSA) is 38.7 Å². The van der Waals surface area contributed by atoms with Crippen LogP contribution in [0.5, 0.6) is 0 Å². The highest BCUT2D eigenvalue weighted by Gasteiger charge is 2.15. The van der Waals surface area contributed by atoms with E-state index in [-0.39, 0.29) is 0 Å². The molecule has 3 aromatic heterocycles. The Bertz CT molecular complexity index is 1550. The fourth-order valence-corrected chi connectivity index (χ4v) is 5.33. The van der Waals surface area contributed by atoms with E-state index >= 15 is 0 Å². The SMILES string of the molecule is Cc1cc(-c2ncnc3cc(-c4cccnc4)ccc23)c2sc3ccccc3c2c1. The van der Waals surface area contributed by atoms with Crippen LogP contribution in [0, 0.1) is 6.92 Å². The van der Waals surface area contributed by atoms with Gasteiger partial charge in [0.1, 0.15) is 6.33 Å². The second-order valence-corrected chi connectivity index (χ2v) is 8.54. The number of hydrogen-bond donors (Lipinski definition) is 0. The molecular formula is C26H17N3S. The lowest BCUT2D eigenvalue weighted by Crippen LogP contribution is -1.91. The van der Waals surface area contributed by atoms with Gasteiger partial charge in [-0.1, -0.05) is 30.3 Å². The quantitative estimate of drug-likeness (QED) is 0.311. The van der Waals surface area contributed by atoms with Crippen LogP contribution in [0.15, 0.2) is 85.5 Å². The van der Waals surface area contributed by atoms with Gasteiger partial charge in [0.05, 0.1) is 11.2 Å². The number of benzene rings is 3. The summed E-state index contributed by atoms with van der Waals surface area (Å²) in [6.45, 7) is 2.15. The van der Waals surface area contributed by atoms with Crippen LogP contribution >= 0.6 is 11.3 Å². The third-order valence-corrected chi connectivity index (χ3v) is 6.73. The molecule has 3 heterocycles. The zero-order valence-corrected chi connectivity index (χ0v) is 17.1. The number of aromatic nitrogens is 3. The van der Waals surface area contributed by atoms with Gasteiger partial charge in [0, 0.05) is 49.1 Å². The summed E-state index contributed by atoms with van der Waals surface area (Å²) < 4.78 is 2.58. The fourth-order valence-electron chi connectivity index (χ4n) is 4.13. The highest BCUT2D eigenvalue weighted by Crippen LogP contribution is 2.41.